The lowest BCUT2D eigenvalue weighted by atomic mass is 9.90. The van der Waals surface area contributed by atoms with Gasteiger partial charge in [-0.2, -0.15) is 0 Å². The fourth-order valence-corrected chi connectivity index (χ4v) is 2.52. The Balaban J connectivity index is 2.27. The zero-order valence-corrected chi connectivity index (χ0v) is 10.8. The van der Waals surface area contributed by atoms with Gasteiger partial charge < -0.3 is 10.1 Å². The fourth-order valence-electron chi connectivity index (χ4n) is 2.52. The van der Waals surface area contributed by atoms with E-state index in [1.54, 1.807) is 0 Å². The number of non-ortho nitro benzene ring substituents is 1. The number of rotatable bonds is 4. The van der Waals surface area contributed by atoms with Crippen molar-refractivity contribution >= 4 is 5.69 Å². The van der Waals surface area contributed by atoms with Crippen molar-refractivity contribution in [1.82, 2.24) is 5.32 Å². The maximum atomic E-state index is 13.8. The summed E-state index contributed by atoms with van der Waals surface area (Å²) in [6.07, 6.45) is 2.60. The van der Waals surface area contributed by atoms with Gasteiger partial charge in [-0.1, -0.05) is 0 Å². The van der Waals surface area contributed by atoms with Crippen molar-refractivity contribution in [2.45, 2.75) is 19.3 Å². The fraction of sp³-hybridized carbons (Fsp3) is 0.538. The lowest BCUT2D eigenvalue weighted by Gasteiger charge is -2.23. The number of piperidine rings is 1. The van der Waals surface area contributed by atoms with Gasteiger partial charge in [-0.15, -0.1) is 0 Å². The second-order valence-corrected chi connectivity index (χ2v) is 4.77. The summed E-state index contributed by atoms with van der Waals surface area (Å²) in [5.74, 6) is -0.124. The Labute approximate surface area is 110 Å². The van der Waals surface area contributed by atoms with E-state index in [1.807, 2.05) is 0 Å². The molecule has 1 aromatic rings. The number of hydrogen-bond acceptors (Lipinski definition) is 4. The first kappa shape index (κ1) is 13.7. The molecule has 6 heteroatoms. The molecule has 2 rings (SSSR count). The summed E-state index contributed by atoms with van der Waals surface area (Å²) in [6, 6.07) is 2.33. The van der Waals surface area contributed by atoms with E-state index >= 15 is 0 Å². The van der Waals surface area contributed by atoms with Gasteiger partial charge in [0.1, 0.15) is 0 Å². The number of hydrogen-bond donors (Lipinski definition) is 1. The van der Waals surface area contributed by atoms with Crippen LogP contribution in [0.1, 0.15) is 18.4 Å². The number of methoxy groups -OCH3 is 1. The highest BCUT2D eigenvalue weighted by atomic mass is 19.1. The summed E-state index contributed by atoms with van der Waals surface area (Å²) in [4.78, 5) is 10.2. The molecule has 0 aliphatic carbocycles. The van der Waals surface area contributed by atoms with Gasteiger partial charge in [0.25, 0.3) is 5.69 Å². The van der Waals surface area contributed by atoms with Crippen LogP contribution in [0.2, 0.25) is 0 Å². The molecule has 5 nitrogen and oxygen atoms in total. The Hall–Kier alpha value is -1.69. The Morgan fingerprint density at radius 1 is 1.47 bits per heavy atom. The minimum Gasteiger partial charge on any atom is -0.493 e. The monoisotopic (exact) mass is 268 g/mol. The van der Waals surface area contributed by atoms with Crippen LogP contribution in [0.5, 0.6) is 5.75 Å². The zero-order chi connectivity index (χ0) is 13.8. The van der Waals surface area contributed by atoms with Gasteiger partial charge in [-0.05, 0) is 38.3 Å². The number of nitrogens with zero attached hydrogens (tertiary/aromatic N) is 1. The van der Waals surface area contributed by atoms with Crippen molar-refractivity contribution < 1.29 is 14.1 Å². The number of nitrogens with one attached hydrogen (secondary N) is 1. The number of nitro benzene ring substituents is 1. The van der Waals surface area contributed by atoms with Crippen LogP contribution in [0, 0.1) is 21.8 Å². The van der Waals surface area contributed by atoms with Gasteiger partial charge in [0.05, 0.1) is 18.1 Å². The molecule has 104 valence electrons. The molecule has 0 amide bonds. The maximum absolute atomic E-state index is 13.8. The van der Waals surface area contributed by atoms with Crippen molar-refractivity contribution in [3.8, 4) is 5.75 Å². The molecular formula is C13H17FN2O3. The lowest BCUT2D eigenvalue weighted by Crippen LogP contribution is -2.28. The molecule has 1 N–H and O–H groups in total. The topological polar surface area (TPSA) is 64.4 Å². The molecule has 0 radical (unpaired) electrons. The average molecular weight is 268 g/mol. The summed E-state index contributed by atoms with van der Waals surface area (Å²) < 4.78 is 18.8. The zero-order valence-electron chi connectivity index (χ0n) is 10.8. The quantitative estimate of drug-likeness (QED) is 0.672. The van der Waals surface area contributed by atoms with Crippen LogP contribution in [0.15, 0.2) is 12.1 Å². The van der Waals surface area contributed by atoms with Crippen molar-refractivity contribution in [2.24, 2.45) is 5.92 Å². The van der Waals surface area contributed by atoms with Crippen LogP contribution >= 0.6 is 0 Å². The lowest BCUT2D eigenvalue weighted by molar-refractivity contribution is -0.385. The van der Waals surface area contributed by atoms with E-state index in [1.165, 1.54) is 13.2 Å². The molecule has 1 fully saturated rings. The number of halogens is 1. The smallest absolute Gasteiger partial charge is 0.272 e. The molecule has 19 heavy (non-hydrogen) atoms. The maximum Gasteiger partial charge on any atom is 0.272 e. The van der Waals surface area contributed by atoms with E-state index in [2.05, 4.69) is 5.32 Å². The molecule has 1 aliphatic heterocycles. The van der Waals surface area contributed by atoms with Crippen LogP contribution in [-0.4, -0.2) is 25.1 Å². The van der Waals surface area contributed by atoms with E-state index < -0.39 is 10.7 Å². The van der Waals surface area contributed by atoms with Gasteiger partial charge in [0.2, 0.25) is 0 Å². The highest BCUT2D eigenvalue weighted by Gasteiger charge is 2.21. The summed E-state index contributed by atoms with van der Waals surface area (Å²) in [5, 5.41) is 14.0. The van der Waals surface area contributed by atoms with Gasteiger partial charge in [-0.25, -0.2) is 4.39 Å². The predicted octanol–water partition coefficient (Wildman–Crippen LogP) is 2.28. The Bertz CT molecular complexity index is 473. The third-order valence-corrected chi connectivity index (χ3v) is 3.49. The highest BCUT2D eigenvalue weighted by Crippen LogP contribution is 2.31. The van der Waals surface area contributed by atoms with Crippen molar-refractivity contribution in [3.63, 3.8) is 0 Å². The van der Waals surface area contributed by atoms with E-state index in [9.17, 15) is 14.5 Å². The van der Waals surface area contributed by atoms with Crippen LogP contribution in [-0.2, 0) is 6.42 Å². The Morgan fingerprint density at radius 2 is 2.16 bits per heavy atom. The number of ether oxygens (including phenoxy) is 1. The van der Waals surface area contributed by atoms with Gasteiger partial charge in [0, 0.05) is 11.6 Å². The standard InChI is InChI=1S/C13H17FN2O3/c1-19-13-10(6-9-2-4-15-5-3-9)7-11(16(17)18)8-12(13)14/h7-9,15H,2-6H2,1H3. The molecule has 1 aromatic carbocycles. The first-order valence-electron chi connectivity index (χ1n) is 6.33. The summed E-state index contributed by atoms with van der Waals surface area (Å²) in [6.45, 7) is 1.87. The summed E-state index contributed by atoms with van der Waals surface area (Å²) in [5.41, 5.74) is 0.364. The largest absolute Gasteiger partial charge is 0.493 e. The van der Waals surface area contributed by atoms with E-state index in [-0.39, 0.29) is 11.4 Å². The average Bonchev–Trinajstić information content (AvgIpc) is 2.39. The molecule has 1 heterocycles. The summed E-state index contributed by atoms with van der Waals surface area (Å²) in [7, 11) is 1.39. The molecular weight excluding hydrogens is 251 g/mol. The van der Waals surface area contributed by atoms with Gasteiger partial charge >= 0.3 is 0 Å². The van der Waals surface area contributed by atoms with Crippen LogP contribution in [0.25, 0.3) is 0 Å². The number of benzene rings is 1. The van der Waals surface area contributed by atoms with E-state index in [0.717, 1.165) is 32.0 Å². The first-order chi connectivity index (χ1) is 9.11. The summed E-state index contributed by atoms with van der Waals surface area (Å²) >= 11 is 0. The highest BCUT2D eigenvalue weighted by molar-refractivity contribution is 5.45. The van der Waals surface area contributed by atoms with Crippen LogP contribution in [0.3, 0.4) is 0 Å². The normalized spacial score (nSPS) is 16.3. The second kappa shape index (κ2) is 5.97. The third-order valence-electron chi connectivity index (χ3n) is 3.49. The van der Waals surface area contributed by atoms with Crippen molar-refractivity contribution in [2.75, 3.05) is 20.2 Å². The Morgan fingerprint density at radius 3 is 2.74 bits per heavy atom. The van der Waals surface area contributed by atoms with Crippen molar-refractivity contribution in [3.05, 3.63) is 33.6 Å². The molecule has 1 saturated heterocycles. The number of nitro groups is 1. The van der Waals surface area contributed by atoms with Crippen LogP contribution in [0.4, 0.5) is 10.1 Å². The predicted molar refractivity (Wildman–Crippen MR) is 68.9 cm³/mol. The van der Waals surface area contributed by atoms with Gasteiger partial charge in [0.15, 0.2) is 11.6 Å². The van der Waals surface area contributed by atoms with Gasteiger partial charge in [-0.3, -0.25) is 10.1 Å². The molecule has 0 bridgehead atoms. The third kappa shape index (κ3) is 3.20. The molecule has 1 aliphatic rings. The van der Waals surface area contributed by atoms with E-state index in [4.69, 9.17) is 4.74 Å². The molecule has 0 unspecified atom stereocenters. The van der Waals surface area contributed by atoms with E-state index in [0.29, 0.717) is 17.9 Å². The second-order valence-electron chi connectivity index (χ2n) is 4.77. The molecule has 0 saturated carbocycles. The van der Waals surface area contributed by atoms with Crippen LogP contribution < -0.4 is 10.1 Å². The molecule has 0 aromatic heterocycles. The first-order valence-corrected chi connectivity index (χ1v) is 6.33. The minimum absolute atomic E-state index is 0.129. The molecule has 0 atom stereocenters. The Kier molecular flexibility index (Phi) is 4.31. The molecule has 0 spiro atoms. The SMILES string of the molecule is COc1c(F)cc([N+](=O)[O-])cc1CC1CCNCC1. The minimum atomic E-state index is -0.666. The van der Waals surface area contributed by atoms with Crippen molar-refractivity contribution in [1.29, 1.82) is 0 Å².